The van der Waals surface area contributed by atoms with E-state index < -0.39 is 0 Å². The molecule has 0 bridgehead atoms. The van der Waals surface area contributed by atoms with E-state index in [2.05, 4.69) is 11.9 Å². The molecular formula is C13H14ClNO2. The van der Waals surface area contributed by atoms with E-state index in [1.165, 1.54) is 0 Å². The van der Waals surface area contributed by atoms with E-state index in [1.54, 1.807) is 13.0 Å². The van der Waals surface area contributed by atoms with Gasteiger partial charge in [0.2, 0.25) is 5.91 Å². The highest BCUT2D eigenvalue weighted by molar-refractivity contribution is 6.30. The average Bonchev–Trinajstić information content (AvgIpc) is 2.29. The summed E-state index contributed by atoms with van der Waals surface area (Å²) in [6.45, 7) is 5.91. The number of hydrogen-bond acceptors (Lipinski definition) is 2. The van der Waals surface area contributed by atoms with Crippen molar-refractivity contribution < 1.29 is 9.53 Å². The third-order valence-corrected chi connectivity index (χ3v) is 2.94. The molecule has 3 nitrogen and oxygen atoms in total. The minimum absolute atomic E-state index is 0.0540. The average molecular weight is 252 g/mol. The number of nitrogens with one attached hydrogen (secondary N) is 1. The van der Waals surface area contributed by atoms with E-state index in [-0.39, 0.29) is 11.9 Å². The summed E-state index contributed by atoms with van der Waals surface area (Å²) in [6, 6.07) is 5.39. The van der Waals surface area contributed by atoms with Crippen LogP contribution in [0.1, 0.15) is 24.9 Å². The van der Waals surface area contributed by atoms with Gasteiger partial charge in [0.25, 0.3) is 0 Å². The van der Waals surface area contributed by atoms with Gasteiger partial charge in [0, 0.05) is 22.6 Å². The number of hydrogen-bond donors (Lipinski definition) is 1. The van der Waals surface area contributed by atoms with Crippen molar-refractivity contribution in [2.45, 2.75) is 19.4 Å². The predicted octanol–water partition coefficient (Wildman–Crippen LogP) is 2.86. The summed E-state index contributed by atoms with van der Waals surface area (Å²) in [7, 11) is 0. The third-order valence-electron chi connectivity index (χ3n) is 2.70. The van der Waals surface area contributed by atoms with Crippen molar-refractivity contribution in [2.24, 2.45) is 0 Å². The van der Waals surface area contributed by atoms with Gasteiger partial charge >= 0.3 is 0 Å². The quantitative estimate of drug-likeness (QED) is 0.821. The molecule has 0 saturated carbocycles. The molecule has 1 atom stereocenters. The second-order valence-electron chi connectivity index (χ2n) is 4.13. The summed E-state index contributed by atoms with van der Waals surface area (Å²) in [6.07, 6.45) is 0.742. The first-order chi connectivity index (χ1) is 8.08. The molecule has 1 aromatic rings. The van der Waals surface area contributed by atoms with E-state index in [1.807, 2.05) is 12.1 Å². The summed E-state index contributed by atoms with van der Waals surface area (Å²) in [5.74, 6) is 0.649. The lowest BCUT2D eigenvalue weighted by atomic mass is 10.0. The zero-order chi connectivity index (χ0) is 12.4. The first-order valence-electron chi connectivity index (χ1n) is 5.46. The molecule has 1 unspecified atom stereocenters. The number of rotatable bonds is 2. The van der Waals surface area contributed by atoms with Crippen molar-refractivity contribution in [3.8, 4) is 5.75 Å². The Hall–Kier alpha value is -1.48. The second-order valence-corrected chi connectivity index (χ2v) is 4.56. The number of amides is 1. The van der Waals surface area contributed by atoms with Crippen molar-refractivity contribution in [1.29, 1.82) is 0 Å². The largest absolute Gasteiger partial charge is 0.493 e. The topological polar surface area (TPSA) is 38.3 Å². The maximum absolute atomic E-state index is 11.6. The smallest absolute Gasteiger partial charge is 0.246 e. The van der Waals surface area contributed by atoms with Crippen molar-refractivity contribution in [3.05, 3.63) is 40.9 Å². The van der Waals surface area contributed by atoms with Crippen LogP contribution in [0.4, 0.5) is 0 Å². The minimum atomic E-state index is -0.136. The molecular weight excluding hydrogens is 238 g/mol. The molecule has 0 spiro atoms. The number of carbonyl (C=O) groups is 1. The zero-order valence-electron chi connectivity index (χ0n) is 9.63. The standard InChI is InChI=1S/C13H14ClNO2/c1-8(2)13(16)15-11-5-6-17-12-4-3-9(14)7-10(11)12/h3-4,7,11H,1,5-6H2,2H3,(H,15,16). The zero-order valence-corrected chi connectivity index (χ0v) is 10.4. The molecule has 0 aliphatic carbocycles. The summed E-state index contributed by atoms with van der Waals surface area (Å²) in [5.41, 5.74) is 1.43. The molecule has 1 amide bonds. The fourth-order valence-corrected chi connectivity index (χ4v) is 1.98. The van der Waals surface area contributed by atoms with Crippen molar-refractivity contribution >= 4 is 17.5 Å². The van der Waals surface area contributed by atoms with Crippen LogP contribution in [0.5, 0.6) is 5.75 Å². The van der Waals surface area contributed by atoms with Crippen molar-refractivity contribution in [2.75, 3.05) is 6.61 Å². The Balaban J connectivity index is 2.25. The monoisotopic (exact) mass is 251 g/mol. The molecule has 2 rings (SSSR count). The van der Waals surface area contributed by atoms with Crippen molar-refractivity contribution in [1.82, 2.24) is 5.32 Å². The van der Waals surface area contributed by atoms with Crippen LogP contribution in [0.2, 0.25) is 5.02 Å². The van der Waals surface area contributed by atoms with E-state index in [9.17, 15) is 4.79 Å². The summed E-state index contributed by atoms with van der Waals surface area (Å²) < 4.78 is 5.52. The van der Waals surface area contributed by atoms with Crippen LogP contribution in [0, 0.1) is 0 Å². The molecule has 0 aromatic heterocycles. The molecule has 0 saturated heterocycles. The molecule has 1 aliphatic heterocycles. The highest BCUT2D eigenvalue weighted by Gasteiger charge is 2.23. The van der Waals surface area contributed by atoms with Gasteiger partial charge in [-0.15, -0.1) is 0 Å². The summed E-state index contributed by atoms with van der Waals surface area (Å²) in [5, 5.41) is 3.57. The molecule has 0 radical (unpaired) electrons. The van der Waals surface area contributed by atoms with E-state index in [0.717, 1.165) is 17.7 Å². The molecule has 1 aliphatic rings. The van der Waals surface area contributed by atoms with Gasteiger partial charge in [-0.25, -0.2) is 0 Å². The number of fused-ring (bicyclic) bond motifs is 1. The highest BCUT2D eigenvalue weighted by atomic mass is 35.5. The van der Waals surface area contributed by atoms with Crippen molar-refractivity contribution in [3.63, 3.8) is 0 Å². The Bertz CT molecular complexity index is 470. The molecule has 1 N–H and O–H groups in total. The van der Waals surface area contributed by atoms with Gasteiger partial charge < -0.3 is 10.1 Å². The Labute approximate surface area is 105 Å². The third kappa shape index (κ3) is 2.61. The minimum Gasteiger partial charge on any atom is -0.493 e. The second kappa shape index (κ2) is 4.80. The van der Waals surface area contributed by atoms with E-state index in [4.69, 9.17) is 16.3 Å². The van der Waals surface area contributed by atoms with Crippen LogP contribution in [0.15, 0.2) is 30.4 Å². The Kier molecular flexibility index (Phi) is 3.38. The lowest BCUT2D eigenvalue weighted by Crippen LogP contribution is -2.32. The fourth-order valence-electron chi connectivity index (χ4n) is 1.80. The van der Waals surface area contributed by atoms with Crippen LogP contribution >= 0.6 is 11.6 Å². The summed E-state index contributed by atoms with van der Waals surface area (Å²) in [4.78, 5) is 11.6. The van der Waals surface area contributed by atoms with Gasteiger partial charge in [0.05, 0.1) is 12.6 Å². The molecule has 0 fully saturated rings. The van der Waals surface area contributed by atoms with Crippen LogP contribution in [0.3, 0.4) is 0 Å². The first-order valence-corrected chi connectivity index (χ1v) is 5.84. The summed E-state index contributed by atoms with van der Waals surface area (Å²) >= 11 is 5.96. The van der Waals surface area contributed by atoms with E-state index >= 15 is 0 Å². The first kappa shape index (κ1) is 12.0. The number of ether oxygens (including phenoxy) is 1. The Morgan fingerprint density at radius 1 is 1.59 bits per heavy atom. The Morgan fingerprint density at radius 2 is 2.35 bits per heavy atom. The van der Waals surface area contributed by atoms with Gasteiger partial charge in [-0.2, -0.15) is 0 Å². The maximum atomic E-state index is 11.6. The van der Waals surface area contributed by atoms with Crippen LogP contribution in [-0.4, -0.2) is 12.5 Å². The lowest BCUT2D eigenvalue weighted by Gasteiger charge is -2.26. The van der Waals surface area contributed by atoms with Crippen LogP contribution in [-0.2, 0) is 4.79 Å². The van der Waals surface area contributed by atoms with Gasteiger partial charge in [0.15, 0.2) is 0 Å². The highest BCUT2D eigenvalue weighted by Crippen LogP contribution is 2.33. The molecule has 4 heteroatoms. The molecule has 1 heterocycles. The normalized spacial score (nSPS) is 17.9. The Morgan fingerprint density at radius 3 is 3.06 bits per heavy atom. The maximum Gasteiger partial charge on any atom is 0.246 e. The number of carbonyl (C=O) groups excluding carboxylic acids is 1. The van der Waals surface area contributed by atoms with Gasteiger partial charge in [-0.1, -0.05) is 18.2 Å². The fraction of sp³-hybridized carbons (Fsp3) is 0.308. The predicted molar refractivity (Wildman–Crippen MR) is 67.3 cm³/mol. The SMILES string of the molecule is C=C(C)C(=O)NC1CCOc2ccc(Cl)cc21. The lowest BCUT2D eigenvalue weighted by molar-refractivity contribution is -0.118. The molecule has 90 valence electrons. The van der Waals surface area contributed by atoms with Crippen LogP contribution in [0.25, 0.3) is 0 Å². The van der Waals surface area contributed by atoms with E-state index in [0.29, 0.717) is 17.2 Å². The van der Waals surface area contributed by atoms with Crippen LogP contribution < -0.4 is 10.1 Å². The molecule has 1 aromatic carbocycles. The number of halogens is 1. The van der Waals surface area contributed by atoms with Gasteiger partial charge in [-0.05, 0) is 25.1 Å². The van der Waals surface area contributed by atoms with Gasteiger partial charge in [0.1, 0.15) is 5.75 Å². The molecule has 17 heavy (non-hydrogen) atoms. The number of benzene rings is 1. The van der Waals surface area contributed by atoms with Gasteiger partial charge in [-0.3, -0.25) is 4.79 Å².